The predicted molar refractivity (Wildman–Crippen MR) is 78.1 cm³/mol. The standard InChI is InChI=1S/C16H23N3/c1-3-4-5-6-7-16-13-19(18-17-16)12-15-10-8-14(2)9-11-15/h8-11,13H,3-7,12H2,1-2H3. The molecule has 0 saturated carbocycles. The van der Waals surface area contributed by atoms with Crippen molar-refractivity contribution in [1.82, 2.24) is 15.0 Å². The fraction of sp³-hybridized carbons (Fsp3) is 0.500. The molecule has 0 spiro atoms. The van der Waals surface area contributed by atoms with Crippen LogP contribution in [0.2, 0.25) is 0 Å². The number of aromatic nitrogens is 3. The van der Waals surface area contributed by atoms with Crippen LogP contribution in [-0.4, -0.2) is 15.0 Å². The number of hydrogen-bond acceptors (Lipinski definition) is 2. The molecule has 1 aromatic carbocycles. The van der Waals surface area contributed by atoms with Gasteiger partial charge in [-0.15, -0.1) is 5.10 Å². The van der Waals surface area contributed by atoms with Gasteiger partial charge in [0, 0.05) is 6.20 Å². The van der Waals surface area contributed by atoms with Crippen molar-refractivity contribution < 1.29 is 0 Å². The van der Waals surface area contributed by atoms with Crippen molar-refractivity contribution in [2.24, 2.45) is 0 Å². The Kier molecular flexibility index (Phi) is 5.13. The zero-order valence-electron chi connectivity index (χ0n) is 12.0. The Balaban J connectivity index is 1.85. The highest BCUT2D eigenvalue weighted by Gasteiger charge is 2.01. The first-order chi connectivity index (χ1) is 9.28. The van der Waals surface area contributed by atoms with E-state index in [-0.39, 0.29) is 0 Å². The first-order valence-electron chi connectivity index (χ1n) is 7.22. The molecule has 0 amide bonds. The smallest absolute Gasteiger partial charge is 0.0827 e. The monoisotopic (exact) mass is 257 g/mol. The van der Waals surface area contributed by atoms with E-state index in [9.17, 15) is 0 Å². The molecule has 2 rings (SSSR count). The molecule has 19 heavy (non-hydrogen) atoms. The van der Waals surface area contributed by atoms with Gasteiger partial charge >= 0.3 is 0 Å². The first kappa shape index (κ1) is 13.8. The average Bonchev–Trinajstić information content (AvgIpc) is 2.85. The van der Waals surface area contributed by atoms with E-state index in [1.165, 1.54) is 36.8 Å². The second-order valence-electron chi connectivity index (χ2n) is 5.20. The molecule has 0 saturated heterocycles. The highest BCUT2D eigenvalue weighted by atomic mass is 15.4. The van der Waals surface area contributed by atoms with Crippen molar-refractivity contribution in [2.45, 2.75) is 52.5 Å². The summed E-state index contributed by atoms with van der Waals surface area (Å²) in [6.45, 7) is 5.15. The van der Waals surface area contributed by atoms with Gasteiger partial charge in [-0.1, -0.05) is 61.2 Å². The van der Waals surface area contributed by atoms with E-state index in [1.54, 1.807) is 0 Å². The van der Waals surface area contributed by atoms with Crippen molar-refractivity contribution in [3.05, 3.63) is 47.3 Å². The van der Waals surface area contributed by atoms with Crippen LogP contribution in [-0.2, 0) is 13.0 Å². The third-order valence-corrected chi connectivity index (χ3v) is 3.34. The average molecular weight is 257 g/mol. The van der Waals surface area contributed by atoms with E-state index >= 15 is 0 Å². The maximum Gasteiger partial charge on any atom is 0.0827 e. The Labute approximate surface area is 115 Å². The maximum atomic E-state index is 4.24. The molecule has 1 heterocycles. The van der Waals surface area contributed by atoms with E-state index in [0.717, 1.165) is 18.7 Å². The summed E-state index contributed by atoms with van der Waals surface area (Å²) in [7, 11) is 0. The van der Waals surface area contributed by atoms with Crippen LogP contribution in [0.1, 0.15) is 49.4 Å². The lowest BCUT2D eigenvalue weighted by molar-refractivity contribution is 0.646. The highest BCUT2D eigenvalue weighted by molar-refractivity contribution is 5.21. The maximum absolute atomic E-state index is 4.24. The molecule has 0 aliphatic rings. The van der Waals surface area contributed by atoms with Crippen molar-refractivity contribution >= 4 is 0 Å². The summed E-state index contributed by atoms with van der Waals surface area (Å²) < 4.78 is 1.93. The molecule has 0 N–H and O–H groups in total. The van der Waals surface area contributed by atoms with Gasteiger partial charge in [-0.3, -0.25) is 0 Å². The molecule has 0 fully saturated rings. The Morgan fingerprint density at radius 1 is 1.05 bits per heavy atom. The third-order valence-electron chi connectivity index (χ3n) is 3.34. The van der Waals surface area contributed by atoms with Crippen molar-refractivity contribution in [2.75, 3.05) is 0 Å². The number of nitrogens with zero attached hydrogens (tertiary/aromatic N) is 3. The van der Waals surface area contributed by atoms with Gasteiger partial charge in [0.25, 0.3) is 0 Å². The minimum absolute atomic E-state index is 0.808. The summed E-state index contributed by atoms with van der Waals surface area (Å²) in [6.07, 6.45) is 8.23. The van der Waals surface area contributed by atoms with Crippen LogP contribution in [0.15, 0.2) is 30.5 Å². The van der Waals surface area contributed by atoms with Crippen LogP contribution < -0.4 is 0 Å². The molecular formula is C16H23N3. The molecule has 3 heteroatoms. The number of hydrogen-bond donors (Lipinski definition) is 0. The normalized spacial score (nSPS) is 10.8. The summed E-state index contributed by atoms with van der Waals surface area (Å²) >= 11 is 0. The van der Waals surface area contributed by atoms with Gasteiger partial charge in [0.2, 0.25) is 0 Å². The Morgan fingerprint density at radius 3 is 2.58 bits per heavy atom. The molecule has 0 atom stereocenters. The van der Waals surface area contributed by atoms with E-state index < -0.39 is 0 Å². The van der Waals surface area contributed by atoms with E-state index in [0.29, 0.717) is 0 Å². The van der Waals surface area contributed by atoms with E-state index in [1.807, 2.05) is 4.68 Å². The molecule has 102 valence electrons. The van der Waals surface area contributed by atoms with Crippen LogP contribution in [0.5, 0.6) is 0 Å². The Hall–Kier alpha value is -1.64. The lowest BCUT2D eigenvalue weighted by atomic mass is 10.1. The minimum atomic E-state index is 0.808. The summed E-state index contributed by atoms with van der Waals surface area (Å²) in [5.74, 6) is 0. The summed E-state index contributed by atoms with van der Waals surface area (Å²) in [4.78, 5) is 0. The Bertz CT molecular complexity index is 485. The van der Waals surface area contributed by atoms with Gasteiger partial charge in [0.15, 0.2) is 0 Å². The quantitative estimate of drug-likeness (QED) is 0.707. The molecular weight excluding hydrogens is 234 g/mol. The van der Waals surface area contributed by atoms with Crippen LogP contribution in [0.3, 0.4) is 0 Å². The van der Waals surface area contributed by atoms with Gasteiger partial charge < -0.3 is 0 Å². The molecule has 0 unspecified atom stereocenters. The summed E-state index contributed by atoms with van der Waals surface area (Å²) in [6, 6.07) is 8.58. The van der Waals surface area contributed by atoms with E-state index in [2.05, 4.69) is 54.6 Å². The van der Waals surface area contributed by atoms with Crippen LogP contribution in [0.4, 0.5) is 0 Å². The fourth-order valence-corrected chi connectivity index (χ4v) is 2.14. The number of benzene rings is 1. The Morgan fingerprint density at radius 2 is 1.84 bits per heavy atom. The second kappa shape index (κ2) is 7.07. The molecule has 0 radical (unpaired) electrons. The van der Waals surface area contributed by atoms with Crippen LogP contribution >= 0.6 is 0 Å². The van der Waals surface area contributed by atoms with Gasteiger partial charge in [0.1, 0.15) is 0 Å². The highest BCUT2D eigenvalue weighted by Crippen LogP contribution is 2.07. The molecule has 0 aliphatic heterocycles. The zero-order valence-corrected chi connectivity index (χ0v) is 12.0. The minimum Gasteiger partial charge on any atom is -0.248 e. The summed E-state index contributed by atoms with van der Waals surface area (Å²) in [5.41, 5.74) is 3.68. The van der Waals surface area contributed by atoms with Crippen LogP contribution in [0, 0.1) is 6.92 Å². The largest absolute Gasteiger partial charge is 0.248 e. The lowest BCUT2D eigenvalue weighted by Gasteiger charge is -2.01. The van der Waals surface area contributed by atoms with Crippen molar-refractivity contribution in [1.29, 1.82) is 0 Å². The molecule has 0 aliphatic carbocycles. The molecule has 0 bridgehead atoms. The van der Waals surface area contributed by atoms with Crippen molar-refractivity contribution in [3.63, 3.8) is 0 Å². The van der Waals surface area contributed by atoms with E-state index in [4.69, 9.17) is 0 Å². The molecule has 1 aromatic heterocycles. The SMILES string of the molecule is CCCCCCc1cn(Cc2ccc(C)cc2)nn1. The van der Waals surface area contributed by atoms with Gasteiger partial charge in [-0.25, -0.2) is 4.68 Å². The second-order valence-corrected chi connectivity index (χ2v) is 5.20. The first-order valence-corrected chi connectivity index (χ1v) is 7.22. The molecule has 3 nitrogen and oxygen atoms in total. The number of rotatable bonds is 7. The van der Waals surface area contributed by atoms with Crippen molar-refractivity contribution in [3.8, 4) is 0 Å². The molecule has 2 aromatic rings. The van der Waals surface area contributed by atoms with Gasteiger partial charge in [-0.2, -0.15) is 0 Å². The third kappa shape index (κ3) is 4.51. The number of aryl methyl sites for hydroxylation is 2. The lowest BCUT2D eigenvalue weighted by Crippen LogP contribution is -2.00. The number of unbranched alkanes of at least 4 members (excludes halogenated alkanes) is 3. The summed E-state index contributed by atoms with van der Waals surface area (Å²) in [5, 5.41) is 8.44. The topological polar surface area (TPSA) is 30.7 Å². The van der Waals surface area contributed by atoms with Gasteiger partial charge in [0.05, 0.1) is 12.2 Å². The fourth-order valence-electron chi connectivity index (χ4n) is 2.14. The zero-order chi connectivity index (χ0) is 13.5. The van der Waals surface area contributed by atoms with Gasteiger partial charge in [-0.05, 0) is 25.3 Å². The van der Waals surface area contributed by atoms with Crippen LogP contribution in [0.25, 0.3) is 0 Å². The predicted octanol–water partition coefficient (Wildman–Crippen LogP) is 3.76.